The predicted octanol–water partition coefficient (Wildman–Crippen LogP) is 2.19. The van der Waals surface area contributed by atoms with Gasteiger partial charge in [0, 0.05) is 49.9 Å². The van der Waals surface area contributed by atoms with Crippen molar-refractivity contribution in [1.82, 2.24) is 9.47 Å². The van der Waals surface area contributed by atoms with Crippen LogP contribution in [0.25, 0.3) is 10.9 Å². The number of piperazine rings is 1. The second kappa shape index (κ2) is 6.26. The third-order valence-electron chi connectivity index (χ3n) is 5.09. The summed E-state index contributed by atoms with van der Waals surface area (Å²) in [6.07, 6.45) is 4.04. The number of benzene rings is 1. The fraction of sp³-hybridized carbons (Fsp3) is 0.474. The van der Waals surface area contributed by atoms with Crippen molar-refractivity contribution in [3.05, 3.63) is 40.4 Å². The third-order valence-corrected chi connectivity index (χ3v) is 5.09. The lowest BCUT2D eigenvalue weighted by Crippen LogP contribution is -2.48. The van der Waals surface area contributed by atoms with Gasteiger partial charge < -0.3 is 9.47 Å². The molecule has 1 aromatic heterocycles. The number of halogens is 1. The van der Waals surface area contributed by atoms with E-state index in [9.17, 15) is 14.0 Å². The Morgan fingerprint density at radius 3 is 2.56 bits per heavy atom. The van der Waals surface area contributed by atoms with Crippen LogP contribution in [-0.2, 0) is 4.79 Å². The lowest BCUT2D eigenvalue weighted by atomic mass is 10.1. The number of hydrogen-bond acceptors (Lipinski definition) is 4. The van der Waals surface area contributed by atoms with Crippen LogP contribution in [0.2, 0.25) is 0 Å². The molecular formula is C19H22FN3O2. The fourth-order valence-corrected chi connectivity index (χ4v) is 3.66. The maximum atomic E-state index is 14.7. The smallest absolute Gasteiger partial charge is 0.189 e. The van der Waals surface area contributed by atoms with Gasteiger partial charge in [0.25, 0.3) is 0 Å². The van der Waals surface area contributed by atoms with Gasteiger partial charge in [-0.1, -0.05) is 0 Å². The molecule has 1 aliphatic heterocycles. The highest BCUT2D eigenvalue weighted by atomic mass is 19.1. The van der Waals surface area contributed by atoms with Gasteiger partial charge in [0.15, 0.2) is 5.43 Å². The van der Waals surface area contributed by atoms with E-state index in [-0.39, 0.29) is 17.0 Å². The predicted molar refractivity (Wildman–Crippen MR) is 95.8 cm³/mol. The highest BCUT2D eigenvalue weighted by Crippen LogP contribution is 2.37. The highest BCUT2D eigenvalue weighted by molar-refractivity contribution is 5.83. The number of pyridine rings is 1. The average molecular weight is 343 g/mol. The van der Waals surface area contributed by atoms with Crippen LogP contribution in [0.3, 0.4) is 0 Å². The number of ketones is 1. The minimum absolute atomic E-state index is 0.136. The van der Waals surface area contributed by atoms with E-state index >= 15 is 0 Å². The fourth-order valence-electron chi connectivity index (χ4n) is 3.66. The number of nitrogens with zero attached hydrogens (tertiary/aromatic N) is 3. The zero-order valence-corrected chi connectivity index (χ0v) is 14.4. The van der Waals surface area contributed by atoms with Crippen molar-refractivity contribution >= 4 is 22.4 Å². The Morgan fingerprint density at radius 1 is 1.20 bits per heavy atom. The Labute approximate surface area is 145 Å². The van der Waals surface area contributed by atoms with E-state index in [1.165, 1.54) is 12.1 Å². The molecule has 0 amide bonds. The Kier molecular flexibility index (Phi) is 4.07. The molecule has 6 heteroatoms. The molecular weight excluding hydrogens is 321 g/mol. The zero-order valence-electron chi connectivity index (χ0n) is 14.4. The molecule has 0 bridgehead atoms. The zero-order chi connectivity index (χ0) is 17.6. The molecule has 0 spiro atoms. The summed E-state index contributed by atoms with van der Waals surface area (Å²) in [6, 6.07) is 5.16. The van der Waals surface area contributed by atoms with Crippen LogP contribution in [0.4, 0.5) is 10.1 Å². The molecule has 5 nitrogen and oxygen atoms in total. The molecule has 0 N–H and O–H groups in total. The van der Waals surface area contributed by atoms with Crippen molar-refractivity contribution in [2.24, 2.45) is 0 Å². The number of Topliss-reactive ketones (excluding diaryl/α,β-unsaturated/α-hetero) is 1. The second-order valence-electron chi connectivity index (χ2n) is 7.10. The summed E-state index contributed by atoms with van der Waals surface area (Å²) < 4.78 is 16.8. The van der Waals surface area contributed by atoms with E-state index in [1.54, 1.807) is 6.92 Å². The summed E-state index contributed by atoms with van der Waals surface area (Å²) in [5.74, 6) is -0.197. The summed E-state index contributed by atoms with van der Waals surface area (Å²) >= 11 is 0. The van der Waals surface area contributed by atoms with E-state index in [1.807, 2.05) is 17.2 Å². The van der Waals surface area contributed by atoms with Crippen LogP contribution < -0.4 is 10.3 Å². The van der Waals surface area contributed by atoms with E-state index < -0.39 is 0 Å². The van der Waals surface area contributed by atoms with Crippen molar-refractivity contribution in [2.45, 2.75) is 25.8 Å². The van der Waals surface area contributed by atoms with Crippen molar-refractivity contribution in [1.29, 1.82) is 0 Å². The van der Waals surface area contributed by atoms with Gasteiger partial charge in [0.2, 0.25) is 0 Å². The van der Waals surface area contributed by atoms with Crippen LogP contribution in [0.15, 0.2) is 29.2 Å². The van der Waals surface area contributed by atoms with E-state index in [2.05, 4.69) is 9.47 Å². The normalized spacial score (nSPS) is 18.7. The lowest BCUT2D eigenvalue weighted by Gasteiger charge is -2.35. The van der Waals surface area contributed by atoms with Gasteiger partial charge in [0.05, 0.1) is 17.7 Å². The second-order valence-corrected chi connectivity index (χ2v) is 7.10. The number of rotatable bonds is 4. The first kappa shape index (κ1) is 16.3. The van der Waals surface area contributed by atoms with Gasteiger partial charge >= 0.3 is 0 Å². The topological polar surface area (TPSA) is 45.6 Å². The van der Waals surface area contributed by atoms with E-state index in [0.29, 0.717) is 36.7 Å². The van der Waals surface area contributed by atoms with Crippen molar-refractivity contribution in [3.8, 4) is 0 Å². The summed E-state index contributed by atoms with van der Waals surface area (Å²) in [7, 11) is 0. The Balaban J connectivity index is 1.66. The first-order chi connectivity index (χ1) is 12.0. The molecule has 1 aliphatic carbocycles. The van der Waals surface area contributed by atoms with Gasteiger partial charge in [-0.2, -0.15) is 0 Å². The molecule has 1 saturated carbocycles. The molecule has 1 aromatic carbocycles. The molecule has 2 heterocycles. The third kappa shape index (κ3) is 3.18. The number of fused-ring (bicyclic) bond motifs is 1. The highest BCUT2D eigenvalue weighted by Gasteiger charge is 2.26. The number of anilines is 1. The largest absolute Gasteiger partial charge is 0.367 e. The quantitative estimate of drug-likeness (QED) is 0.854. The van der Waals surface area contributed by atoms with E-state index in [4.69, 9.17) is 0 Å². The molecule has 4 rings (SSSR count). The molecule has 2 fully saturated rings. The Morgan fingerprint density at radius 2 is 1.92 bits per heavy atom. The first-order valence-corrected chi connectivity index (χ1v) is 8.84. The molecule has 2 aromatic rings. The van der Waals surface area contributed by atoms with Gasteiger partial charge in [0.1, 0.15) is 11.6 Å². The van der Waals surface area contributed by atoms with Crippen LogP contribution in [0.5, 0.6) is 0 Å². The lowest BCUT2D eigenvalue weighted by molar-refractivity contribution is -0.118. The number of hydrogen-bond donors (Lipinski definition) is 0. The maximum absolute atomic E-state index is 14.7. The summed E-state index contributed by atoms with van der Waals surface area (Å²) in [5.41, 5.74) is 1.23. The molecule has 0 atom stereocenters. The van der Waals surface area contributed by atoms with Crippen LogP contribution >= 0.6 is 0 Å². The number of carbonyl (C=O) groups excluding carboxylic acids is 1. The minimum Gasteiger partial charge on any atom is -0.367 e. The van der Waals surface area contributed by atoms with Crippen molar-refractivity contribution < 1.29 is 9.18 Å². The molecule has 132 valence electrons. The average Bonchev–Trinajstić information content (AvgIpc) is 3.40. The van der Waals surface area contributed by atoms with Gasteiger partial charge in [-0.15, -0.1) is 0 Å². The molecule has 0 radical (unpaired) electrons. The first-order valence-electron chi connectivity index (χ1n) is 8.84. The van der Waals surface area contributed by atoms with Gasteiger partial charge in [-0.25, -0.2) is 4.39 Å². The van der Waals surface area contributed by atoms with Crippen LogP contribution in [0.1, 0.15) is 25.8 Å². The standard InChI is InChI=1S/C19H22FN3O2/c1-13(24)12-21-6-8-22(9-7-21)18-11-17-15(10-16(18)20)19(25)4-5-23(17)14-2-3-14/h4-5,10-11,14H,2-3,6-9,12H2,1H3. The maximum Gasteiger partial charge on any atom is 0.189 e. The monoisotopic (exact) mass is 343 g/mol. The minimum atomic E-state index is -0.349. The Hall–Kier alpha value is -2.21. The van der Waals surface area contributed by atoms with Crippen molar-refractivity contribution in [3.63, 3.8) is 0 Å². The molecule has 25 heavy (non-hydrogen) atoms. The van der Waals surface area contributed by atoms with Gasteiger partial charge in [-0.3, -0.25) is 14.5 Å². The Bertz CT molecular complexity index is 880. The van der Waals surface area contributed by atoms with Gasteiger partial charge in [-0.05, 0) is 31.9 Å². The summed E-state index contributed by atoms with van der Waals surface area (Å²) in [5, 5.41) is 0.450. The SMILES string of the molecule is CC(=O)CN1CCN(c2cc3c(cc2F)c(=O)ccn3C2CC2)CC1. The van der Waals surface area contributed by atoms with Crippen molar-refractivity contribution in [2.75, 3.05) is 37.6 Å². The summed E-state index contributed by atoms with van der Waals surface area (Å²) in [6.45, 7) is 4.87. The molecule has 2 aliphatic rings. The number of carbonyl (C=O) groups is 1. The summed E-state index contributed by atoms with van der Waals surface area (Å²) in [4.78, 5) is 27.5. The van der Waals surface area contributed by atoms with Crippen LogP contribution in [0, 0.1) is 5.82 Å². The van der Waals surface area contributed by atoms with Crippen LogP contribution in [-0.4, -0.2) is 48.0 Å². The van der Waals surface area contributed by atoms with E-state index in [0.717, 1.165) is 31.4 Å². The number of aromatic nitrogens is 1. The molecule has 0 unspecified atom stereocenters. The molecule has 1 saturated heterocycles.